The number of hydrogen-bond acceptors (Lipinski definition) is 5. The van der Waals surface area contributed by atoms with Crippen LogP contribution in [0.25, 0.3) is 11.4 Å². The highest BCUT2D eigenvalue weighted by atomic mass is 16.5. The van der Waals surface area contributed by atoms with Gasteiger partial charge in [-0.3, -0.25) is 9.88 Å². The monoisotopic (exact) mass is 298 g/mol. The van der Waals surface area contributed by atoms with E-state index < -0.39 is 0 Å². The minimum atomic E-state index is 0.639. The fourth-order valence-electron chi connectivity index (χ4n) is 4.03. The van der Waals surface area contributed by atoms with Crippen molar-refractivity contribution in [2.75, 3.05) is 6.54 Å². The van der Waals surface area contributed by atoms with Gasteiger partial charge in [-0.05, 0) is 50.3 Å². The average Bonchev–Trinajstić information content (AvgIpc) is 3.05. The number of rotatable bonds is 3. The van der Waals surface area contributed by atoms with Crippen LogP contribution in [-0.4, -0.2) is 32.6 Å². The first-order valence-corrected chi connectivity index (χ1v) is 8.37. The lowest BCUT2D eigenvalue weighted by Gasteiger charge is -2.43. The van der Waals surface area contributed by atoms with Crippen LogP contribution in [0.3, 0.4) is 0 Å². The van der Waals surface area contributed by atoms with Crippen LogP contribution in [0.15, 0.2) is 29.0 Å². The van der Waals surface area contributed by atoms with E-state index in [0.717, 1.165) is 36.5 Å². The Balaban J connectivity index is 1.48. The Labute approximate surface area is 130 Å². The van der Waals surface area contributed by atoms with Crippen LogP contribution >= 0.6 is 0 Å². The van der Waals surface area contributed by atoms with E-state index >= 15 is 0 Å². The standard InChI is InChI=1S/C17H22N4O/c1-2-8-15-13(5-1)7-4-10-21(15)12-16-19-17(20-22-16)14-6-3-9-18-11-14/h3,6,9,11,13,15H,1-2,4-5,7-8,10,12H2. The molecule has 22 heavy (non-hydrogen) atoms. The molecular formula is C17H22N4O. The fraction of sp³-hybridized carbons (Fsp3) is 0.588. The molecule has 2 fully saturated rings. The van der Waals surface area contributed by atoms with Gasteiger partial charge < -0.3 is 4.52 Å². The van der Waals surface area contributed by atoms with Crippen molar-refractivity contribution in [2.24, 2.45) is 5.92 Å². The first-order valence-electron chi connectivity index (χ1n) is 8.37. The zero-order valence-corrected chi connectivity index (χ0v) is 12.8. The maximum Gasteiger partial charge on any atom is 0.241 e. The molecule has 0 N–H and O–H groups in total. The largest absolute Gasteiger partial charge is 0.338 e. The molecule has 2 atom stereocenters. The summed E-state index contributed by atoms with van der Waals surface area (Å²) in [6.45, 7) is 1.94. The molecule has 1 saturated carbocycles. The Bertz CT molecular complexity index is 610. The predicted octanol–water partition coefficient (Wildman–Crippen LogP) is 3.29. The van der Waals surface area contributed by atoms with E-state index in [2.05, 4.69) is 20.0 Å². The Morgan fingerprint density at radius 1 is 1.18 bits per heavy atom. The molecule has 2 aliphatic rings. The van der Waals surface area contributed by atoms with Crippen molar-refractivity contribution in [3.05, 3.63) is 30.4 Å². The Hall–Kier alpha value is -1.75. The van der Waals surface area contributed by atoms with Gasteiger partial charge in [0, 0.05) is 24.0 Å². The number of piperidine rings is 1. The lowest BCUT2D eigenvalue weighted by atomic mass is 9.78. The number of likely N-dealkylation sites (tertiary alicyclic amines) is 1. The van der Waals surface area contributed by atoms with E-state index in [-0.39, 0.29) is 0 Å². The molecule has 0 spiro atoms. The van der Waals surface area contributed by atoms with Crippen molar-refractivity contribution in [3.8, 4) is 11.4 Å². The number of aromatic nitrogens is 3. The van der Waals surface area contributed by atoms with Crippen LogP contribution in [0.1, 0.15) is 44.4 Å². The van der Waals surface area contributed by atoms with E-state index in [0.29, 0.717) is 5.82 Å². The molecule has 0 bridgehead atoms. The van der Waals surface area contributed by atoms with E-state index in [4.69, 9.17) is 4.52 Å². The maximum atomic E-state index is 5.47. The Morgan fingerprint density at radius 3 is 3.00 bits per heavy atom. The van der Waals surface area contributed by atoms with Crippen LogP contribution in [0.5, 0.6) is 0 Å². The average molecular weight is 298 g/mol. The topological polar surface area (TPSA) is 55.1 Å². The normalized spacial score (nSPS) is 25.8. The highest BCUT2D eigenvalue weighted by molar-refractivity contribution is 5.51. The summed E-state index contributed by atoms with van der Waals surface area (Å²) in [5.74, 6) is 2.24. The third-order valence-electron chi connectivity index (χ3n) is 5.08. The highest BCUT2D eigenvalue weighted by Gasteiger charge is 2.33. The summed E-state index contributed by atoms with van der Waals surface area (Å²) in [7, 11) is 0. The molecule has 2 aromatic heterocycles. The predicted molar refractivity (Wildman–Crippen MR) is 82.9 cm³/mol. The number of fused-ring (bicyclic) bond motifs is 1. The lowest BCUT2D eigenvalue weighted by Crippen LogP contribution is -2.46. The quantitative estimate of drug-likeness (QED) is 0.870. The minimum absolute atomic E-state index is 0.639. The summed E-state index contributed by atoms with van der Waals surface area (Å²) in [4.78, 5) is 11.2. The van der Waals surface area contributed by atoms with Gasteiger partial charge in [0.1, 0.15) is 0 Å². The van der Waals surface area contributed by atoms with Crippen LogP contribution in [0, 0.1) is 5.92 Å². The van der Waals surface area contributed by atoms with Gasteiger partial charge in [0.05, 0.1) is 6.54 Å². The van der Waals surface area contributed by atoms with Gasteiger partial charge in [0.15, 0.2) is 0 Å². The van der Waals surface area contributed by atoms with Crippen LogP contribution < -0.4 is 0 Å². The van der Waals surface area contributed by atoms with E-state index in [1.54, 1.807) is 12.4 Å². The van der Waals surface area contributed by atoms with Crippen LogP contribution in [0.4, 0.5) is 0 Å². The van der Waals surface area contributed by atoms with Gasteiger partial charge in [0.25, 0.3) is 0 Å². The fourth-order valence-corrected chi connectivity index (χ4v) is 4.03. The Kier molecular flexibility index (Phi) is 3.89. The summed E-state index contributed by atoms with van der Waals surface area (Å²) in [6, 6.07) is 4.57. The van der Waals surface area contributed by atoms with Crippen molar-refractivity contribution in [2.45, 2.75) is 51.1 Å². The molecule has 0 amide bonds. The third kappa shape index (κ3) is 2.77. The van der Waals surface area contributed by atoms with Crippen molar-refractivity contribution in [1.82, 2.24) is 20.0 Å². The molecule has 0 radical (unpaired) electrons. The third-order valence-corrected chi connectivity index (χ3v) is 5.08. The number of hydrogen-bond donors (Lipinski definition) is 0. The van der Waals surface area contributed by atoms with E-state index in [1.165, 1.54) is 38.5 Å². The SMILES string of the molecule is c1cncc(-c2noc(CN3CCCC4CCCCC43)n2)c1. The molecule has 5 nitrogen and oxygen atoms in total. The van der Waals surface area contributed by atoms with Crippen molar-refractivity contribution in [3.63, 3.8) is 0 Å². The highest BCUT2D eigenvalue weighted by Crippen LogP contribution is 2.35. The van der Waals surface area contributed by atoms with E-state index in [9.17, 15) is 0 Å². The molecular weight excluding hydrogens is 276 g/mol. The summed E-state index contributed by atoms with van der Waals surface area (Å²) in [5.41, 5.74) is 0.909. The molecule has 1 saturated heterocycles. The zero-order valence-electron chi connectivity index (χ0n) is 12.8. The summed E-state index contributed by atoms with van der Waals surface area (Å²) in [5, 5.41) is 4.10. The van der Waals surface area contributed by atoms with Gasteiger partial charge in [0.2, 0.25) is 11.7 Å². The number of pyridine rings is 1. The van der Waals surface area contributed by atoms with E-state index in [1.807, 2.05) is 12.1 Å². The molecule has 5 heteroatoms. The molecule has 2 unspecified atom stereocenters. The molecule has 3 heterocycles. The summed E-state index contributed by atoms with van der Waals surface area (Å²) >= 11 is 0. The summed E-state index contributed by atoms with van der Waals surface area (Å²) in [6.07, 6.45) is 11.7. The smallest absolute Gasteiger partial charge is 0.241 e. The lowest BCUT2D eigenvalue weighted by molar-refractivity contribution is 0.0466. The first kappa shape index (κ1) is 13.9. The van der Waals surface area contributed by atoms with Crippen LogP contribution in [-0.2, 0) is 6.54 Å². The second-order valence-corrected chi connectivity index (χ2v) is 6.48. The van der Waals surface area contributed by atoms with Crippen LogP contribution in [0.2, 0.25) is 0 Å². The van der Waals surface area contributed by atoms with Gasteiger partial charge in [-0.2, -0.15) is 4.98 Å². The molecule has 116 valence electrons. The van der Waals surface area contributed by atoms with Crippen molar-refractivity contribution >= 4 is 0 Å². The summed E-state index contributed by atoms with van der Waals surface area (Å²) < 4.78 is 5.47. The minimum Gasteiger partial charge on any atom is -0.338 e. The molecule has 1 aliphatic heterocycles. The van der Waals surface area contributed by atoms with Gasteiger partial charge in [-0.1, -0.05) is 18.0 Å². The van der Waals surface area contributed by atoms with Gasteiger partial charge in [-0.25, -0.2) is 0 Å². The maximum absolute atomic E-state index is 5.47. The molecule has 1 aliphatic carbocycles. The first-order chi connectivity index (χ1) is 10.9. The van der Waals surface area contributed by atoms with Crippen molar-refractivity contribution in [1.29, 1.82) is 0 Å². The molecule has 4 rings (SSSR count). The number of nitrogens with zero attached hydrogens (tertiary/aromatic N) is 4. The van der Waals surface area contributed by atoms with Gasteiger partial charge >= 0.3 is 0 Å². The van der Waals surface area contributed by atoms with Gasteiger partial charge in [-0.15, -0.1) is 0 Å². The Morgan fingerprint density at radius 2 is 2.09 bits per heavy atom. The molecule has 2 aromatic rings. The second kappa shape index (κ2) is 6.16. The zero-order chi connectivity index (χ0) is 14.8. The second-order valence-electron chi connectivity index (χ2n) is 6.48. The van der Waals surface area contributed by atoms with Crippen molar-refractivity contribution < 1.29 is 4.52 Å². The molecule has 0 aromatic carbocycles.